The van der Waals surface area contributed by atoms with Crippen LogP contribution in [0.4, 0.5) is 10.4 Å². The molecule has 2 aromatic carbocycles. The van der Waals surface area contributed by atoms with Gasteiger partial charge in [0, 0.05) is 4.47 Å². The van der Waals surface area contributed by atoms with Crippen LogP contribution >= 0.6 is 15.9 Å². The van der Waals surface area contributed by atoms with Crippen LogP contribution in [-0.2, 0) is 6.42 Å². The molecule has 3 aromatic rings. The SMILES string of the molecule is COc1ccc(Br)c(C(=O)Nc2nnc(Cc3ccc(F)cc3)o2)c1. The quantitative estimate of drug-likeness (QED) is 0.697. The fraction of sp³-hybridized carbons (Fsp3) is 0.118. The van der Waals surface area contributed by atoms with Gasteiger partial charge in [-0.2, -0.15) is 0 Å². The van der Waals surface area contributed by atoms with Gasteiger partial charge < -0.3 is 9.15 Å². The smallest absolute Gasteiger partial charge is 0.322 e. The fourth-order valence-corrected chi connectivity index (χ4v) is 2.55. The highest BCUT2D eigenvalue weighted by molar-refractivity contribution is 9.10. The van der Waals surface area contributed by atoms with Crippen molar-refractivity contribution in [2.75, 3.05) is 12.4 Å². The van der Waals surface area contributed by atoms with Crippen molar-refractivity contribution < 1.29 is 18.3 Å². The number of rotatable bonds is 5. The Balaban J connectivity index is 1.70. The zero-order valence-electron chi connectivity index (χ0n) is 13.1. The lowest BCUT2D eigenvalue weighted by Gasteiger charge is -2.06. The summed E-state index contributed by atoms with van der Waals surface area (Å²) in [5.74, 6) is 0.136. The van der Waals surface area contributed by atoms with Gasteiger partial charge in [0.2, 0.25) is 5.89 Å². The number of benzene rings is 2. The largest absolute Gasteiger partial charge is 0.497 e. The van der Waals surface area contributed by atoms with E-state index in [1.807, 2.05) is 0 Å². The number of anilines is 1. The maximum atomic E-state index is 12.9. The number of carbonyl (C=O) groups excluding carboxylic acids is 1. The zero-order chi connectivity index (χ0) is 17.8. The molecular weight excluding hydrogens is 393 g/mol. The first-order valence-corrected chi connectivity index (χ1v) is 8.06. The van der Waals surface area contributed by atoms with E-state index in [1.165, 1.54) is 19.2 Å². The predicted molar refractivity (Wildman–Crippen MR) is 92.2 cm³/mol. The number of halogens is 2. The zero-order valence-corrected chi connectivity index (χ0v) is 14.7. The molecule has 0 unspecified atom stereocenters. The maximum absolute atomic E-state index is 12.9. The van der Waals surface area contributed by atoms with E-state index < -0.39 is 5.91 Å². The van der Waals surface area contributed by atoms with Crippen LogP contribution in [0.5, 0.6) is 5.75 Å². The summed E-state index contributed by atoms with van der Waals surface area (Å²) in [4.78, 5) is 12.3. The molecule has 0 aliphatic heterocycles. The van der Waals surface area contributed by atoms with E-state index in [9.17, 15) is 9.18 Å². The van der Waals surface area contributed by atoms with E-state index >= 15 is 0 Å². The number of methoxy groups -OCH3 is 1. The number of carbonyl (C=O) groups is 1. The molecule has 8 heteroatoms. The number of hydrogen-bond acceptors (Lipinski definition) is 5. The summed E-state index contributed by atoms with van der Waals surface area (Å²) >= 11 is 3.32. The number of nitrogens with one attached hydrogen (secondary N) is 1. The first-order chi connectivity index (χ1) is 12.0. The Kier molecular flexibility index (Phi) is 5.08. The normalized spacial score (nSPS) is 10.5. The van der Waals surface area contributed by atoms with E-state index in [0.717, 1.165) is 5.56 Å². The molecule has 0 aliphatic carbocycles. The average molecular weight is 406 g/mol. The molecule has 0 saturated carbocycles. The van der Waals surface area contributed by atoms with Gasteiger partial charge in [0.1, 0.15) is 11.6 Å². The summed E-state index contributed by atoms with van der Waals surface area (Å²) in [6, 6.07) is 11.0. The second kappa shape index (κ2) is 7.43. The molecule has 1 aromatic heterocycles. The minimum Gasteiger partial charge on any atom is -0.497 e. The molecule has 1 heterocycles. The first kappa shape index (κ1) is 17.1. The highest BCUT2D eigenvalue weighted by atomic mass is 79.9. The van der Waals surface area contributed by atoms with Gasteiger partial charge >= 0.3 is 6.01 Å². The summed E-state index contributed by atoms with van der Waals surface area (Å²) in [6.07, 6.45) is 0.339. The van der Waals surface area contributed by atoms with E-state index in [4.69, 9.17) is 9.15 Å². The average Bonchev–Trinajstić information content (AvgIpc) is 3.04. The van der Waals surface area contributed by atoms with Crippen molar-refractivity contribution in [3.63, 3.8) is 0 Å². The van der Waals surface area contributed by atoms with Gasteiger partial charge in [-0.15, -0.1) is 5.10 Å². The van der Waals surface area contributed by atoms with Gasteiger partial charge in [0.15, 0.2) is 0 Å². The lowest BCUT2D eigenvalue weighted by atomic mass is 10.1. The van der Waals surface area contributed by atoms with Gasteiger partial charge in [-0.05, 0) is 51.8 Å². The van der Waals surface area contributed by atoms with Crippen molar-refractivity contribution in [2.45, 2.75) is 6.42 Å². The molecule has 1 amide bonds. The van der Waals surface area contributed by atoms with Gasteiger partial charge in [0.05, 0.1) is 19.1 Å². The van der Waals surface area contributed by atoms with Crippen molar-refractivity contribution in [3.05, 3.63) is 69.8 Å². The molecule has 0 bridgehead atoms. The van der Waals surface area contributed by atoms with Crippen LogP contribution in [0.25, 0.3) is 0 Å². The molecule has 0 radical (unpaired) electrons. The van der Waals surface area contributed by atoms with E-state index in [2.05, 4.69) is 31.4 Å². The third-order valence-electron chi connectivity index (χ3n) is 3.37. The summed E-state index contributed by atoms with van der Waals surface area (Å²) in [7, 11) is 1.52. The van der Waals surface area contributed by atoms with Crippen molar-refractivity contribution in [2.24, 2.45) is 0 Å². The minimum absolute atomic E-state index is 0.0168. The predicted octanol–water partition coefficient (Wildman–Crippen LogP) is 3.82. The molecule has 25 heavy (non-hydrogen) atoms. The molecule has 0 spiro atoms. The molecule has 0 saturated heterocycles. The van der Waals surface area contributed by atoms with E-state index in [-0.39, 0.29) is 11.8 Å². The minimum atomic E-state index is -0.414. The van der Waals surface area contributed by atoms with Crippen LogP contribution < -0.4 is 10.1 Å². The van der Waals surface area contributed by atoms with Crippen LogP contribution in [0.15, 0.2) is 51.4 Å². The second-order valence-corrected chi connectivity index (χ2v) is 5.96. The molecule has 6 nitrogen and oxygen atoms in total. The lowest BCUT2D eigenvalue weighted by Crippen LogP contribution is -2.13. The highest BCUT2D eigenvalue weighted by Crippen LogP contribution is 2.23. The number of ether oxygens (including phenoxy) is 1. The number of hydrogen-bond donors (Lipinski definition) is 1. The Morgan fingerprint density at radius 1 is 1.24 bits per heavy atom. The molecule has 0 aliphatic rings. The molecule has 128 valence electrons. The Morgan fingerprint density at radius 3 is 2.72 bits per heavy atom. The second-order valence-electron chi connectivity index (χ2n) is 5.10. The van der Waals surface area contributed by atoms with Crippen LogP contribution in [-0.4, -0.2) is 23.2 Å². The fourth-order valence-electron chi connectivity index (χ4n) is 2.12. The Labute approximate surface area is 151 Å². The maximum Gasteiger partial charge on any atom is 0.322 e. The van der Waals surface area contributed by atoms with Gasteiger partial charge in [-0.1, -0.05) is 17.2 Å². The van der Waals surface area contributed by atoms with Crippen LogP contribution in [0.1, 0.15) is 21.8 Å². The summed E-state index contributed by atoms with van der Waals surface area (Å²) in [6.45, 7) is 0. The van der Waals surface area contributed by atoms with Crippen LogP contribution in [0.3, 0.4) is 0 Å². The highest BCUT2D eigenvalue weighted by Gasteiger charge is 2.15. The standard InChI is InChI=1S/C17H13BrFN3O3/c1-24-12-6-7-14(18)13(9-12)16(23)20-17-22-21-15(25-17)8-10-2-4-11(19)5-3-10/h2-7,9H,8H2,1H3,(H,20,22,23). The molecule has 1 N–H and O–H groups in total. The van der Waals surface area contributed by atoms with E-state index in [1.54, 1.807) is 30.3 Å². The van der Waals surface area contributed by atoms with Crippen molar-refractivity contribution >= 4 is 27.9 Å². The number of amides is 1. The summed E-state index contributed by atoms with van der Waals surface area (Å²) < 4.78 is 24.0. The van der Waals surface area contributed by atoms with Gasteiger partial charge in [-0.3, -0.25) is 10.1 Å². The topological polar surface area (TPSA) is 77.2 Å². The van der Waals surface area contributed by atoms with E-state index in [0.29, 0.717) is 28.1 Å². The monoisotopic (exact) mass is 405 g/mol. The van der Waals surface area contributed by atoms with Gasteiger partial charge in [-0.25, -0.2) is 4.39 Å². The first-order valence-electron chi connectivity index (χ1n) is 7.27. The Hall–Kier alpha value is -2.74. The summed E-state index contributed by atoms with van der Waals surface area (Å²) in [5.41, 5.74) is 1.19. The molecule has 3 rings (SSSR count). The number of aromatic nitrogens is 2. The molecule has 0 atom stereocenters. The van der Waals surface area contributed by atoms with Crippen molar-refractivity contribution in [1.82, 2.24) is 10.2 Å². The van der Waals surface area contributed by atoms with Crippen molar-refractivity contribution in [1.29, 1.82) is 0 Å². The third-order valence-corrected chi connectivity index (χ3v) is 4.07. The third kappa shape index (κ3) is 4.21. The Bertz CT molecular complexity index is 896. The molecule has 0 fully saturated rings. The Morgan fingerprint density at radius 2 is 2.00 bits per heavy atom. The van der Waals surface area contributed by atoms with Crippen molar-refractivity contribution in [3.8, 4) is 5.75 Å². The number of nitrogens with zero attached hydrogens (tertiary/aromatic N) is 2. The lowest BCUT2D eigenvalue weighted by molar-refractivity contribution is 0.102. The summed E-state index contributed by atoms with van der Waals surface area (Å²) in [5, 5.41) is 10.2. The van der Waals surface area contributed by atoms with Crippen LogP contribution in [0.2, 0.25) is 0 Å². The van der Waals surface area contributed by atoms with Crippen LogP contribution in [0, 0.1) is 5.82 Å². The molecular formula is C17H13BrFN3O3. The van der Waals surface area contributed by atoms with Gasteiger partial charge in [0.25, 0.3) is 5.91 Å².